The van der Waals surface area contributed by atoms with Crippen molar-refractivity contribution in [2.45, 2.75) is 20.5 Å². The third-order valence-corrected chi connectivity index (χ3v) is 4.84. The van der Waals surface area contributed by atoms with E-state index in [1.54, 1.807) is 6.21 Å². The first-order valence-electron chi connectivity index (χ1n) is 9.49. The molecule has 1 amide bonds. The summed E-state index contributed by atoms with van der Waals surface area (Å²) in [6.07, 6.45) is 1.58. The molecule has 0 heterocycles. The van der Waals surface area contributed by atoms with Gasteiger partial charge in [-0.2, -0.15) is 5.10 Å². The molecule has 0 spiro atoms. The predicted molar refractivity (Wildman–Crippen MR) is 122 cm³/mol. The fourth-order valence-electron chi connectivity index (χ4n) is 2.83. The number of hydrogen-bond acceptors (Lipinski definition) is 4. The minimum atomic E-state index is -0.332. The Morgan fingerprint density at radius 2 is 1.77 bits per heavy atom. The third kappa shape index (κ3) is 6.46. The Morgan fingerprint density at radius 3 is 2.47 bits per heavy atom. The molecule has 0 aliphatic carbocycles. The number of amides is 1. The van der Waals surface area contributed by atoms with Crippen LogP contribution in [-0.4, -0.2) is 18.7 Å². The molecule has 154 valence electrons. The molecule has 0 saturated carbocycles. The van der Waals surface area contributed by atoms with Crippen LogP contribution in [0.15, 0.2) is 76.3 Å². The fourth-order valence-corrected chi connectivity index (χ4v) is 3.61. The Bertz CT molecular complexity index is 995. The first kappa shape index (κ1) is 21.6. The van der Waals surface area contributed by atoms with Crippen molar-refractivity contribution in [2.24, 2.45) is 5.10 Å². The van der Waals surface area contributed by atoms with E-state index in [1.807, 2.05) is 80.6 Å². The van der Waals surface area contributed by atoms with E-state index in [-0.39, 0.29) is 12.5 Å². The highest BCUT2D eigenvalue weighted by atomic mass is 79.9. The average molecular weight is 467 g/mol. The number of hydrogen-bond donors (Lipinski definition) is 1. The van der Waals surface area contributed by atoms with E-state index in [4.69, 9.17) is 9.47 Å². The van der Waals surface area contributed by atoms with Crippen LogP contribution in [0.2, 0.25) is 0 Å². The van der Waals surface area contributed by atoms with Crippen LogP contribution in [0.25, 0.3) is 0 Å². The van der Waals surface area contributed by atoms with Crippen LogP contribution in [-0.2, 0) is 11.4 Å². The minimum absolute atomic E-state index is 0.119. The molecule has 3 rings (SSSR count). The number of aryl methyl sites for hydroxylation is 2. The van der Waals surface area contributed by atoms with Crippen molar-refractivity contribution in [3.05, 3.63) is 93.5 Å². The second-order valence-electron chi connectivity index (χ2n) is 6.82. The summed E-state index contributed by atoms with van der Waals surface area (Å²) in [4.78, 5) is 12.0. The largest absolute Gasteiger partial charge is 0.489 e. The van der Waals surface area contributed by atoms with E-state index in [1.165, 1.54) is 0 Å². The second kappa shape index (κ2) is 10.6. The molecule has 0 aliphatic heterocycles. The molecule has 0 aliphatic rings. The molecule has 3 aromatic rings. The predicted octanol–water partition coefficient (Wildman–Crippen LogP) is 5.17. The molecule has 3 aromatic carbocycles. The zero-order chi connectivity index (χ0) is 21.3. The highest BCUT2D eigenvalue weighted by Crippen LogP contribution is 2.30. The summed E-state index contributed by atoms with van der Waals surface area (Å²) in [6, 6.07) is 21.4. The van der Waals surface area contributed by atoms with Crippen molar-refractivity contribution < 1.29 is 14.3 Å². The van der Waals surface area contributed by atoms with Crippen LogP contribution in [0.4, 0.5) is 0 Å². The lowest BCUT2D eigenvalue weighted by Crippen LogP contribution is -2.24. The maximum atomic E-state index is 12.0. The molecule has 5 nitrogen and oxygen atoms in total. The van der Waals surface area contributed by atoms with Gasteiger partial charge in [0.15, 0.2) is 6.61 Å². The maximum absolute atomic E-state index is 12.0. The zero-order valence-electron chi connectivity index (χ0n) is 16.9. The molecule has 0 radical (unpaired) electrons. The van der Waals surface area contributed by atoms with Gasteiger partial charge in [0.25, 0.3) is 5.91 Å². The van der Waals surface area contributed by atoms with Crippen LogP contribution in [0.3, 0.4) is 0 Å². The van der Waals surface area contributed by atoms with Gasteiger partial charge in [-0.1, -0.05) is 36.4 Å². The summed E-state index contributed by atoms with van der Waals surface area (Å²) >= 11 is 3.46. The Labute approximate surface area is 184 Å². The molecular weight excluding hydrogens is 444 g/mol. The summed E-state index contributed by atoms with van der Waals surface area (Å²) in [7, 11) is 0. The van der Waals surface area contributed by atoms with Crippen molar-refractivity contribution in [1.29, 1.82) is 0 Å². The summed E-state index contributed by atoms with van der Waals surface area (Å²) < 4.78 is 12.2. The lowest BCUT2D eigenvalue weighted by Gasteiger charge is -2.11. The lowest BCUT2D eigenvalue weighted by molar-refractivity contribution is -0.123. The summed E-state index contributed by atoms with van der Waals surface area (Å²) in [5, 5.41) is 3.98. The second-order valence-corrected chi connectivity index (χ2v) is 7.67. The number of nitrogens with one attached hydrogen (secondary N) is 1. The van der Waals surface area contributed by atoms with Gasteiger partial charge < -0.3 is 9.47 Å². The van der Waals surface area contributed by atoms with Gasteiger partial charge in [0.2, 0.25) is 0 Å². The smallest absolute Gasteiger partial charge is 0.277 e. The van der Waals surface area contributed by atoms with Crippen molar-refractivity contribution >= 4 is 28.1 Å². The lowest BCUT2D eigenvalue weighted by atomic mass is 10.1. The molecule has 0 saturated heterocycles. The first-order chi connectivity index (χ1) is 14.5. The summed E-state index contributed by atoms with van der Waals surface area (Å²) in [6.45, 7) is 4.34. The molecule has 0 unspecified atom stereocenters. The van der Waals surface area contributed by atoms with Crippen LogP contribution in [0.1, 0.15) is 22.3 Å². The first-order valence-corrected chi connectivity index (χ1v) is 10.3. The minimum Gasteiger partial charge on any atom is -0.489 e. The Balaban J connectivity index is 1.45. The molecule has 0 atom stereocenters. The Morgan fingerprint density at radius 1 is 1.03 bits per heavy atom. The molecule has 0 aromatic heterocycles. The van der Waals surface area contributed by atoms with Gasteiger partial charge >= 0.3 is 0 Å². The van der Waals surface area contributed by atoms with Crippen LogP contribution in [0.5, 0.6) is 11.5 Å². The van der Waals surface area contributed by atoms with Gasteiger partial charge in [-0.25, -0.2) is 5.43 Å². The monoisotopic (exact) mass is 466 g/mol. The van der Waals surface area contributed by atoms with Gasteiger partial charge in [0.05, 0.1) is 10.7 Å². The Hall–Kier alpha value is -3.12. The number of carbonyl (C=O) groups excluding carboxylic acids is 1. The molecule has 6 heteroatoms. The number of halogens is 1. The number of carbonyl (C=O) groups is 1. The van der Waals surface area contributed by atoms with Crippen LogP contribution in [0, 0.1) is 13.8 Å². The van der Waals surface area contributed by atoms with Crippen LogP contribution >= 0.6 is 15.9 Å². The number of rotatable bonds is 8. The maximum Gasteiger partial charge on any atom is 0.277 e. The Kier molecular flexibility index (Phi) is 7.63. The van der Waals surface area contributed by atoms with E-state index < -0.39 is 0 Å². The molecule has 30 heavy (non-hydrogen) atoms. The fraction of sp³-hybridized carbons (Fsp3) is 0.167. The number of nitrogens with zero attached hydrogens (tertiary/aromatic N) is 1. The quantitative estimate of drug-likeness (QED) is 0.367. The number of ether oxygens (including phenoxy) is 2. The van der Waals surface area contributed by atoms with Crippen LogP contribution < -0.4 is 14.9 Å². The number of benzene rings is 3. The normalized spacial score (nSPS) is 10.8. The molecule has 0 bridgehead atoms. The zero-order valence-corrected chi connectivity index (χ0v) is 18.5. The third-order valence-electron chi connectivity index (χ3n) is 4.25. The summed E-state index contributed by atoms with van der Waals surface area (Å²) in [5.41, 5.74) is 6.52. The van der Waals surface area contributed by atoms with Crippen molar-refractivity contribution in [1.82, 2.24) is 5.43 Å². The highest BCUT2D eigenvalue weighted by molar-refractivity contribution is 9.10. The van der Waals surface area contributed by atoms with Gasteiger partial charge in [-0.15, -0.1) is 0 Å². The number of hydrazone groups is 1. The summed E-state index contributed by atoms with van der Waals surface area (Å²) in [5.74, 6) is 1.10. The SMILES string of the molecule is Cc1cc(C)c(OCC(=O)N/N=C/c2ccc(OCc3ccccc3)cc2)c(Br)c1. The van der Waals surface area contributed by atoms with Gasteiger partial charge in [-0.3, -0.25) is 4.79 Å². The highest BCUT2D eigenvalue weighted by Gasteiger charge is 2.08. The van der Waals surface area contributed by atoms with E-state index in [0.717, 1.165) is 32.5 Å². The molecular formula is C24H23BrN2O3. The van der Waals surface area contributed by atoms with Gasteiger partial charge in [0.1, 0.15) is 18.1 Å². The standard InChI is InChI=1S/C24H23BrN2O3/c1-17-12-18(2)24(22(25)13-17)30-16-23(28)27-26-14-19-8-10-21(11-9-19)29-15-20-6-4-3-5-7-20/h3-14H,15-16H2,1-2H3,(H,27,28)/b26-14+. The van der Waals surface area contributed by atoms with Gasteiger partial charge in [0, 0.05) is 0 Å². The van der Waals surface area contributed by atoms with Gasteiger partial charge in [-0.05, 0) is 82.4 Å². The molecule has 1 N–H and O–H groups in total. The van der Waals surface area contributed by atoms with Crippen molar-refractivity contribution in [3.8, 4) is 11.5 Å². The molecule has 0 fully saturated rings. The van der Waals surface area contributed by atoms with E-state index in [0.29, 0.717) is 12.4 Å². The van der Waals surface area contributed by atoms with E-state index >= 15 is 0 Å². The van der Waals surface area contributed by atoms with E-state index in [9.17, 15) is 4.79 Å². The average Bonchev–Trinajstić information content (AvgIpc) is 2.73. The van der Waals surface area contributed by atoms with Crippen molar-refractivity contribution in [3.63, 3.8) is 0 Å². The van der Waals surface area contributed by atoms with Crippen molar-refractivity contribution in [2.75, 3.05) is 6.61 Å². The van der Waals surface area contributed by atoms with E-state index in [2.05, 4.69) is 26.5 Å². The topological polar surface area (TPSA) is 59.9 Å².